The second-order valence-corrected chi connectivity index (χ2v) is 2.81. The fourth-order valence-corrected chi connectivity index (χ4v) is 1.19. The Morgan fingerprint density at radius 2 is 2.30 bits per heavy atom. The van der Waals surface area contributed by atoms with Gasteiger partial charge >= 0.3 is 0 Å². The van der Waals surface area contributed by atoms with Gasteiger partial charge in [-0.15, -0.1) is 0 Å². The SMILES string of the molecule is CNCN1CC(F)(CO)C1. The highest BCUT2D eigenvalue weighted by Crippen LogP contribution is 2.23. The summed E-state index contributed by atoms with van der Waals surface area (Å²) in [6.07, 6.45) is 0. The van der Waals surface area contributed by atoms with Crippen molar-refractivity contribution in [3.63, 3.8) is 0 Å². The minimum Gasteiger partial charge on any atom is -0.393 e. The Morgan fingerprint density at radius 1 is 1.70 bits per heavy atom. The lowest BCUT2D eigenvalue weighted by atomic mass is 9.98. The summed E-state index contributed by atoms with van der Waals surface area (Å²) in [5, 5.41) is 11.4. The van der Waals surface area contributed by atoms with Crippen LogP contribution < -0.4 is 5.32 Å². The van der Waals surface area contributed by atoms with Gasteiger partial charge in [-0.25, -0.2) is 4.39 Å². The molecule has 1 rings (SSSR count). The first-order valence-corrected chi connectivity index (χ1v) is 3.37. The zero-order valence-electron chi connectivity index (χ0n) is 6.10. The molecule has 2 N–H and O–H groups in total. The molecule has 1 saturated heterocycles. The van der Waals surface area contributed by atoms with E-state index in [0.717, 1.165) is 0 Å². The van der Waals surface area contributed by atoms with Gasteiger partial charge in [0.2, 0.25) is 0 Å². The highest BCUT2D eigenvalue weighted by atomic mass is 19.1. The van der Waals surface area contributed by atoms with E-state index in [1.54, 1.807) is 0 Å². The number of aliphatic hydroxyl groups excluding tert-OH is 1. The molecule has 4 heteroatoms. The summed E-state index contributed by atoms with van der Waals surface area (Å²) < 4.78 is 12.9. The molecule has 0 aromatic rings. The predicted octanol–water partition coefficient (Wildman–Crippen LogP) is -0.821. The number of nitrogens with zero attached hydrogens (tertiary/aromatic N) is 1. The van der Waals surface area contributed by atoms with Crippen molar-refractivity contribution in [1.82, 2.24) is 10.2 Å². The molecule has 0 aromatic heterocycles. The molecule has 1 aliphatic heterocycles. The average molecular weight is 148 g/mol. The number of aliphatic hydroxyl groups is 1. The molecule has 1 fully saturated rings. The van der Waals surface area contributed by atoms with Crippen LogP contribution in [-0.2, 0) is 0 Å². The van der Waals surface area contributed by atoms with Crippen molar-refractivity contribution >= 4 is 0 Å². The van der Waals surface area contributed by atoms with Crippen molar-refractivity contribution < 1.29 is 9.50 Å². The van der Waals surface area contributed by atoms with Crippen LogP contribution in [0.25, 0.3) is 0 Å². The van der Waals surface area contributed by atoms with Crippen molar-refractivity contribution in [3.05, 3.63) is 0 Å². The first-order valence-electron chi connectivity index (χ1n) is 3.37. The van der Waals surface area contributed by atoms with E-state index in [2.05, 4.69) is 5.32 Å². The fourth-order valence-electron chi connectivity index (χ4n) is 1.19. The minimum atomic E-state index is -1.32. The van der Waals surface area contributed by atoms with Gasteiger partial charge in [0.25, 0.3) is 0 Å². The van der Waals surface area contributed by atoms with Gasteiger partial charge in [0.05, 0.1) is 6.61 Å². The molecule has 0 atom stereocenters. The number of hydrogen-bond donors (Lipinski definition) is 2. The van der Waals surface area contributed by atoms with Crippen molar-refractivity contribution in [2.45, 2.75) is 5.67 Å². The monoisotopic (exact) mass is 148 g/mol. The van der Waals surface area contributed by atoms with Crippen LogP contribution in [0.15, 0.2) is 0 Å². The van der Waals surface area contributed by atoms with E-state index >= 15 is 0 Å². The van der Waals surface area contributed by atoms with Crippen LogP contribution >= 0.6 is 0 Å². The first kappa shape index (κ1) is 7.91. The smallest absolute Gasteiger partial charge is 0.159 e. The number of hydrogen-bond acceptors (Lipinski definition) is 3. The highest BCUT2D eigenvalue weighted by molar-refractivity contribution is 4.94. The van der Waals surface area contributed by atoms with Crippen molar-refractivity contribution in [2.24, 2.45) is 0 Å². The normalized spacial score (nSPS) is 24.3. The zero-order chi connectivity index (χ0) is 7.61. The van der Waals surface area contributed by atoms with Crippen LogP contribution in [0.1, 0.15) is 0 Å². The van der Waals surface area contributed by atoms with E-state index in [1.807, 2.05) is 11.9 Å². The van der Waals surface area contributed by atoms with Gasteiger partial charge in [-0.3, -0.25) is 4.90 Å². The van der Waals surface area contributed by atoms with Crippen LogP contribution in [0.2, 0.25) is 0 Å². The number of nitrogens with one attached hydrogen (secondary N) is 1. The summed E-state index contributed by atoms with van der Waals surface area (Å²) in [5.74, 6) is 0. The largest absolute Gasteiger partial charge is 0.393 e. The molecule has 0 radical (unpaired) electrons. The molecule has 60 valence electrons. The van der Waals surface area contributed by atoms with E-state index in [4.69, 9.17) is 5.11 Å². The molecule has 0 aliphatic carbocycles. The number of rotatable bonds is 3. The van der Waals surface area contributed by atoms with Crippen molar-refractivity contribution in [2.75, 3.05) is 33.4 Å². The average Bonchev–Trinajstić information content (AvgIpc) is 1.85. The Bertz CT molecular complexity index is 114. The molecule has 0 amide bonds. The third kappa shape index (κ3) is 1.45. The maximum atomic E-state index is 12.9. The summed E-state index contributed by atoms with van der Waals surface area (Å²) >= 11 is 0. The van der Waals surface area contributed by atoms with E-state index in [0.29, 0.717) is 19.8 Å². The molecule has 0 saturated carbocycles. The summed E-state index contributed by atoms with van der Waals surface area (Å²) in [6, 6.07) is 0. The summed E-state index contributed by atoms with van der Waals surface area (Å²) in [6.45, 7) is 1.05. The quantitative estimate of drug-likeness (QED) is 0.549. The third-order valence-electron chi connectivity index (χ3n) is 1.68. The lowest BCUT2D eigenvalue weighted by molar-refractivity contribution is -0.0687. The molecule has 1 heterocycles. The number of likely N-dealkylation sites (tertiary alicyclic amines) is 1. The molecule has 0 aromatic carbocycles. The predicted molar refractivity (Wildman–Crippen MR) is 36.4 cm³/mol. The van der Waals surface area contributed by atoms with Crippen LogP contribution in [-0.4, -0.2) is 49.1 Å². The summed E-state index contributed by atoms with van der Waals surface area (Å²) in [7, 11) is 1.82. The van der Waals surface area contributed by atoms with Gasteiger partial charge < -0.3 is 10.4 Å². The Kier molecular flexibility index (Phi) is 2.23. The van der Waals surface area contributed by atoms with Gasteiger partial charge in [-0.1, -0.05) is 0 Å². The van der Waals surface area contributed by atoms with Crippen LogP contribution in [0.3, 0.4) is 0 Å². The molecule has 0 bridgehead atoms. The molecule has 10 heavy (non-hydrogen) atoms. The number of alkyl halides is 1. The fraction of sp³-hybridized carbons (Fsp3) is 1.00. The van der Waals surface area contributed by atoms with Crippen LogP contribution in [0.4, 0.5) is 4.39 Å². The second kappa shape index (κ2) is 2.82. The van der Waals surface area contributed by atoms with E-state index < -0.39 is 5.67 Å². The van der Waals surface area contributed by atoms with Gasteiger partial charge in [0.1, 0.15) is 0 Å². The second-order valence-electron chi connectivity index (χ2n) is 2.81. The molecular formula is C6H13FN2O. The first-order chi connectivity index (χ1) is 4.70. The number of halogens is 1. The Labute approximate surface area is 59.8 Å². The molecule has 0 unspecified atom stereocenters. The van der Waals surface area contributed by atoms with E-state index in [-0.39, 0.29) is 6.61 Å². The topological polar surface area (TPSA) is 35.5 Å². The lowest BCUT2D eigenvalue weighted by Gasteiger charge is -2.43. The highest BCUT2D eigenvalue weighted by Gasteiger charge is 2.42. The Morgan fingerprint density at radius 3 is 2.70 bits per heavy atom. The Hall–Kier alpha value is -0.190. The lowest BCUT2D eigenvalue weighted by Crippen LogP contribution is -2.62. The maximum absolute atomic E-state index is 12.9. The van der Waals surface area contributed by atoms with Gasteiger partial charge in [0, 0.05) is 19.8 Å². The van der Waals surface area contributed by atoms with Crippen LogP contribution in [0, 0.1) is 0 Å². The molecular weight excluding hydrogens is 135 g/mol. The summed E-state index contributed by atoms with van der Waals surface area (Å²) in [5.41, 5.74) is -1.32. The van der Waals surface area contributed by atoms with E-state index in [9.17, 15) is 4.39 Å². The van der Waals surface area contributed by atoms with Crippen LogP contribution in [0.5, 0.6) is 0 Å². The van der Waals surface area contributed by atoms with E-state index in [1.165, 1.54) is 0 Å². The zero-order valence-corrected chi connectivity index (χ0v) is 6.10. The minimum absolute atomic E-state index is 0.352. The third-order valence-corrected chi connectivity index (χ3v) is 1.68. The molecule has 0 spiro atoms. The van der Waals surface area contributed by atoms with Gasteiger partial charge in [-0.2, -0.15) is 0 Å². The van der Waals surface area contributed by atoms with Gasteiger partial charge in [-0.05, 0) is 7.05 Å². The van der Waals surface area contributed by atoms with Crippen molar-refractivity contribution in [3.8, 4) is 0 Å². The summed E-state index contributed by atoms with van der Waals surface area (Å²) in [4.78, 5) is 1.90. The molecule has 1 aliphatic rings. The maximum Gasteiger partial charge on any atom is 0.159 e. The van der Waals surface area contributed by atoms with Gasteiger partial charge in [0.15, 0.2) is 5.67 Å². The Balaban J connectivity index is 2.16. The standard InChI is InChI=1S/C6H13FN2O/c1-8-5-9-2-6(7,3-9)4-10/h8,10H,2-5H2,1H3. The molecule has 3 nitrogen and oxygen atoms in total. The van der Waals surface area contributed by atoms with Crippen molar-refractivity contribution in [1.29, 1.82) is 0 Å².